The van der Waals surface area contributed by atoms with Gasteiger partial charge in [0.25, 0.3) is 0 Å². The number of esters is 1. The van der Waals surface area contributed by atoms with Crippen molar-refractivity contribution in [1.82, 2.24) is 0 Å². The van der Waals surface area contributed by atoms with Crippen LogP contribution in [0.3, 0.4) is 0 Å². The van der Waals surface area contributed by atoms with Gasteiger partial charge in [0.05, 0.1) is 0 Å². The maximum absolute atomic E-state index is 17.4. The van der Waals surface area contributed by atoms with Gasteiger partial charge in [-0.15, -0.1) is 0 Å². The summed E-state index contributed by atoms with van der Waals surface area (Å²) in [5.74, 6) is -0.423. The van der Waals surface area contributed by atoms with Crippen molar-refractivity contribution in [3.63, 3.8) is 0 Å². The molecule has 0 aromatic heterocycles. The number of alkyl halides is 1. The Bertz CT molecular complexity index is 791. The average molecular weight is 407 g/mol. The highest BCUT2D eigenvalue weighted by atomic mass is 32.2. The van der Waals surface area contributed by atoms with Crippen LogP contribution >= 0.6 is 11.8 Å². The molecular weight excluding hydrogens is 375 g/mol. The van der Waals surface area contributed by atoms with Gasteiger partial charge in [-0.1, -0.05) is 18.6 Å². The molecule has 5 heteroatoms. The molecule has 0 radical (unpaired) electrons. The Hall–Kier alpha value is -1.10. The molecule has 0 unspecified atom stereocenters. The zero-order chi connectivity index (χ0) is 20.5. The minimum absolute atomic E-state index is 0.0484. The van der Waals surface area contributed by atoms with Gasteiger partial charge >= 0.3 is 5.97 Å². The topological polar surface area (TPSA) is 43.4 Å². The van der Waals surface area contributed by atoms with Crippen LogP contribution in [0.25, 0.3) is 0 Å². The van der Waals surface area contributed by atoms with E-state index in [4.69, 9.17) is 4.74 Å². The van der Waals surface area contributed by atoms with Gasteiger partial charge in [-0.3, -0.25) is 9.59 Å². The standard InChI is InChI=1S/C23H31FO3S/c1-14(25)27-19-13-21(3)17(9-11-22(21,4)28-5)18-7-6-15-12-16(26)8-10-20(15,2)23(18,19)24/h8,10,12,17-19H,6-7,9,11,13H2,1-5H3/t17-,18-,19-,20-,21-,22-,23-/m0/s1. The van der Waals surface area contributed by atoms with Crippen LogP contribution in [0.5, 0.6) is 0 Å². The first-order valence-electron chi connectivity index (χ1n) is 10.4. The molecule has 0 spiro atoms. The first kappa shape index (κ1) is 20.2. The van der Waals surface area contributed by atoms with Gasteiger partial charge in [0.1, 0.15) is 6.10 Å². The summed E-state index contributed by atoms with van der Waals surface area (Å²) in [4.78, 5) is 24.0. The lowest BCUT2D eigenvalue weighted by molar-refractivity contribution is -0.210. The van der Waals surface area contributed by atoms with E-state index in [1.165, 1.54) is 13.0 Å². The van der Waals surface area contributed by atoms with E-state index in [0.29, 0.717) is 12.8 Å². The molecular formula is C23H31FO3S. The first-order chi connectivity index (χ1) is 13.0. The Kier molecular flexibility index (Phi) is 4.47. The average Bonchev–Trinajstić information content (AvgIpc) is 2.88. The van der Waals surface area contributed by atoms with Crippen molar-refractivity contribution in [3.05, 3.63) is 23.8 Å². The number of thioether (sulfide) groups is 1. The molecule has 0 aliphatic heterocycles. The largest absolute Gasteiger partial charge is 0.459 e. The van der Waals surface area contributed by atoms with Crippen molar-refractivity contribution in [1.29, 1.82) is 0 Å². The monoisotopic (exact) mass is 406 g/mol. The zero-order valence-corrected chi connectivity index (χ0v) is 18.3. The maximum atomic E-state index is 17.4. The second-order valence-corrected chi connectivity index (χ2v) is 11.1. The van der Waals surface area contributed by atoms with E-state index >= 15 is 4.39 Å². The fraction of sp³-hybridized carbons (Fsp3) is 0.739. The van der Waals surface area contributed by atoms with Crippen LogP contribution in [0, 0.1) is 22.7 Å². The second kappa shape index (κ2) is 6.20. The summed E-state index contributed by atoms with van der Waals surface area (Å²) in [6.45, 7) is 7.85. The number of ether oxygens (including phenoxy) is 1. The summed E-state index contributed by atoms with van der Waals surface area (Å²) in [7, 11) is 0. The molecule has 4 aliphatic carbocycles. The van der Waals surface area contributed by atoms with Crippen molar-refractivity contribution in [2.45, 2.75) is 76.3 Å². The fourth-order valence-corrected chi connectivity index (χ4v) is 8.06. The number of halogens is 1. The van der Waals surface area contributed by atoms with Gasteiger partial charge in [0, 0.05) is 23.0 Å². The van der Waals surface area contributed by atoms with Crippen LogP contribution in [0.4, 0.5) is 4.39 Å². The molecule has 3 fully saturated rings. The van der Waals surface area contributed by atoms with Crippen molar-refractivity contribution in [2.75, 3.05) is 6.26 Å². The van der Waals surface area contributed by atoms with E-state index in [1.807, 2.05) is 18.7 Å². The summed E-state index contributed by atoms with van der Waals surface area (Å²) < 4.78 is 23.2. The highest BCUT2D eigenvalue weighted by Gasteiger charge is 2.73. The van der Waals surface area contributed by atoms with Gasteiger partial charge in [-0.05, 0) is 75.7 Å². The van der Waals surface area contributed by atoms with Crippen LogP contribution in [-0.4, -0.2) is 34.5 Å². The molecule has 0 heterocycles. The Balaban J connectivity index is 1.87. The van der Waals surface area contributed by atoms with E-state index in [9.17, 15) is 9.59 Å². The molecule has 0 N–H and O–H groups in total. The Morgan fingerprint density at radius 3 is 2.61 bits per heavy atom. The van der Waals surface area contributed by atoms with Gasteiger partial charge in [-0.25, -0.2) is 4.39 Å². The van der Waals surface area contributed by atoms with Crippen molar-refractivity contribution < 1.29 is 18.7 Å². The summed E-state index contributed by atoms with van der Waals surface area (Å²) >= 11 is 1.87. The lowest BCUT2D eigenvalue weighted by Crippen LogP contribution is -2.68. The molecule has 3 saturated carbocycles. The summed E-state index contributed by atoms with van der Waals surface area (Å²) in [6.07, 6.45) is 10.2. The normalized spacial score (nSPS) is 49.7. The van der Waals surface area contributed by atoms with Gasteiger partial charge in [0.2, 0.25) is 0 Å². The molecule has 0 aromatic rings. The van der Waals surface area contributed by atoms with Crippen LogP contribution < -0.4 is 0 Å². The SMILES string of the molecule is CS[C@@]1(C)CC[C@H]2[C@@H]3CCC4=CC(=O)C=C[C@]4(C)[C@@]3(F)[C@@H](OC(C)=O)C[C@@]21C. The molecule has 4 rings (SSSR count). The van der Waals surface area contributed by atoms with Crippen LogP contribution in [-0.2, 0) is 14.3 Å². The predicted molar refractivity (Wildman–Crippen MR) is 110 cm³/mol. The lowest BCUT2D eigenvalue weighted by Gasteiger charge is -2.63. The van der Waals surface area contributed by atoms with Gasteiger partial charge in [0.15, 0.2) is 11.5 Å². The molecule has 3 nitrogen and oxygen atoms in total. The van der Waals surface area contributed by atoms with Gasteiger partial charge < -0.3 is 4.74 Å². The number of allylic oxidation sites excluding steroid dienone is 4. The van der Waals surface area contributed by atoms with Crippen LogP contribution in [0.1, 0.15) is 59.8 Å². The van der Waals surface area contributed by atoms with Crippen molar-refractivity contribution >= 4 is 23.5 Å². The Morgan fingerprint density at radius 1 is 1.25 bits per heavy atom. The molecule has 7 atom stereocenters. The highest BCUT2D eigenvalue weighted by molar-refractivity contribution is 8.00. The predicted octanol–water partition coefficient (Wildman–Crippen LogP) is 5.05. The number of hydrogen-bond acceptors (Lipinski definition) is 4. The third-order valence-electron chi connectivity index (χ3n) is 8.91. The third-order valence-corrected chi connectivity index (χ3v) is 10.5. The molecule has 0 aromatic carbocycles. The molecule has 28 heavy (non-hydrogen) atoms. The smallest absolute Gasteiger partial charge is 0.303 e. The van der Waals surface area contributed by atoms with E-state index in [-0.39, 0.29) is 27.8 Å². The summed E-state index contributed by atoms with van der Waals surface area (Å²) in [6, 6.07) is 0. The van der Waals surface area contributed by atoms with Crippen LogP contribution in [0.2, 0.25) is 0 Å². The third kappa shape index (κ3) is 2.34. The molecule has 4 aliphatic rings. The minimum atomic E-state index is -1.69. The first-order valence-corrected chi connectivity index (χ1v) is 11.6. The molecule has 0 saturated heterocycles. The molecule has 154 valence electrons. The fourth-order valence-electron chi connectivity index (χ4n) is 7.04. The number of carbonyl (C=O) groups is 2. The summed E-state index contributed by atoms with van der Waals surface area (Å²) in [5, 5.41) is 0. The zero-order valence-electron chi connectivity index (χ0n) is 17.5. The highest BCUT2D eigenvalue weighted by Crippen LogP contribution is 2.71. The molecule has 0 amide bonds. The molecule has 0 bridgehead atoms. The second-order valence-electron chi connectivity index (χ2n) is 9.82. The number of ketones is 1. The number of hydrogen-bond donors (Lipinski definition) is 0. The van der Waals surface area contributed by atoms with E-state index in [1.54, 1.807) is 12.2 Å². The van der Waals surface area contributed by atoms with E-state index < -0.39 is 23.2 Å². The number of rotatable bonds is 2. The lowest BCUT2D eigenvalue weighted by atomic mass is 9.45. The van der Waals surface area contributed by atoms with Gasteiger partial charge in [-0.2, -0.15) is 11.8 Å². The van der Waals surface area contributed by atoms with Crippen molar-refractivity contribution in [2.24, 2.45) is 22.7 Å². The van der Waals surface area contributed by atoms with Crippen LogP contribution in [0.15, 0.2) is 23.8 Å². The summed E-state index contributed by atoms with van der Waals surface area (Å²) in [5.41, 5.74) is -1.82. The Morgan fingerprint density at radius 2 is 1.96 bits per heavy atom. The quantitative estimate of drug-likeness (QED) is 0.602. The van der Waals surface area contributed by atoms with E-state index in [2.05, 4.69) is 20.1 Å². The maximum Gasteiger partial charge on any atom is 0.303 e. The number of fused-ring (bicyclic) bond motifs is 5. The number of carbonyl (C=O) groups excluding carboxylic acids is 2. The van der Waals surface area contributed by atoms with Crippen molar-refractivity contribution in [3.8, 4) is 0 Å². The minimum Gasteiger partial charge on any atom is -0.459 e. The van der Waals surface area contributed by atoms with E-state index in [0.717, 1.165) is 24.8 Å². The Labute approximate surface area is 171 Å².